The molecule has 100 valence electrons. The van der Waals surface area contributed by atoms with Crippen molar-refractivity contribution in [3.8, 4) is 0 Å². The molecule has 0 unspecified atom stereocenters. The number of rotatable bonds is 2. The Labute approximate surface area is 124 Å². The van der Waals surface area contributed by atoms with Gasteiger partial charge in [-0.3, -0.25) is 4.79 Å². The summed E-state index contributed by atoms with van der Waals surface area (Å²) in [5.74, 6) is 0.0696. The highest BCUT2D eigenvalue weighted by atomic mass is 79.9. The van der Waals surface area contributed by atoms with E-state index >= 15 is 0 Å². The molecule has 4 heteroatoms. The Kier molecular flexibility index (Phi) is 3.32. The van der Waals surface area contributed by atoms with Crippen LogP contribution in [0.25, 0.3) is 11.0 Å². The lowest BCUT2D eigenvalue weighted by molar-refractivity contribution is 0.0998. The molecule has 0 fully saturated rings. The van der Waals surface area contributed by atoms with E-state index in [9.17, 15) is 4.79 Å². The molecule has 0 radical (unpaired) electrons. The zero-order valence-electron chi connectivity index (χ0n) is 10.8. The maximum atomic E-state index is 12.2. The van der Waals surface area contributed by atoms with Crippen molar-refractivity contribution in [1.82, 2.24) is 0 Å². The number of nitrogens with one attached hydrogen (secondary N) is 1. The molecule has 3 rings (SSSR count). The van der Waals surface area contributed by atoms with E-state index in [1.807, 2.05) is 49.4 Å². The third-order valence-electron chi connectivity index (χ3n) is 3.09. The van der Waals surface area contributed by atoms with Crippen molar-refractivity contribution in [3.05, 3.63) is 64.3 Å². The molecular formula is C16H12BrNO2. The van der Waals surface area contributed by atoms with Crippen LogP contribution in [0.4, 0.5) is 5.69 Å². The quantitative estimate of drug-likeness (QED) is 0.736. The molecule has 3 aromatic rings. The number of para-hydroxylation sites is 1. The van der Waals surface area contributed by atoms with Crippen molar-refractivity contribution in [2.45, 2.75) is 6.92 Å². The van der Waals surface area contributed by atoms with Crippen LogP contribution in [0.15, 0.2) is 57.4 Å². The van der Waals surface area contributed by atoms with Gasteiger partial charge in [0, 0.05) is 15.5 Å². The topological polar surface area (TPSA) is 42.2 Å². The fourth-order valence-corrected chi connectivity index (χ4v) is 2.52. The van der Waals surface area contributed by atoms with Gasteiger partial charge in [0.2, 0.25) is 0 Å². The standard InChI is InChI=1S/C16H12BrNO2/c1-10-8-12(17)6-7-13(10)18-16(19)15-9-11-4-2-3-5-14(11)20-15/h2-9H,1H3,(H,18,19). The van der Waals surface area contributed by atoms with Crippen LogP contribution in [0, 0.1) is 6.92 Å². The Bertz CT molecular complexity index is 759. The molecule has 1 amide bonds. The molecule has 0 aliphatic rings. The number of anilines is 1. The summed E-state index contributed by atoms with van der Waals surface area (Å²) in [5.41, 5.74) is 2.48. The van der Waals surface area contributed by atoms with E-state index < -0.39 is 0 Å². The van der Waals surface area contributed by atoms with Crippen molar-refractivity contribution in [1.29, 1.82) is 0 Å². The average Bonchev–Trinajstić information content (AvgIpc) is 2.86. The molecule has 1 heterocycles. The van der Waals surface area contributed by atoms with Gasteiger partial charge in [-0.15, -0.1) is 0 Å². The number of amides is 1. The van der Waals surface area contributed by atoms with E-state index in [2.05, 4.69) is 21.2 Å². The van der Waals surface area contributed by atoms with E-state index in [0.717, 1.165) is 21.1 Å². The fourth-order valence-electron chi connectivity index (χ4n) is 2.05. The minimum atomic E-state index is -0.244. The van der Waals surface area contributed by atoms with Gasteiger partial charge in [-0.05, 0) is 42.8 Å². The summed E-state index contributed by atoms with van der Waals surface area (Å²) in [5, 5.41) is 3.78. The average molecular weight is 330 g/mol. The summed E-state index contributed by atoms with van der Waals surface area (Å²) >= 11 is 3.40. The summed E-state index contributed by atoms with van der Waals surface area (Å²) in [4.78, 5) is 12.2. The molecule has 2 aromatic carbocycles. The first kappa shape index (κ1) is 12.9. The summed E-state index contributed by atoms with van der Waals surface area (Å²) < 4.78 is 6.53. The van der Waals surface area contributed by atoms with Gasteiger partial charge in [0.05, 0.1) is 0 Å². The maximum Gasteiger partial charge on any atom is 0.291 e. The Balaban J connectivity index is 1.89. The van der Waals surface area contributed by atoms with Crippen molar-refractivity contribution in [2.75, 3.05) is 5.32 Å². The van der Waals surface area contributed by atoms with Crippen LogP contribution in [-0.4, -0.2) is 5.91 Å². The van der Waals surface area contributed by atoms with Crippen molar-refractivity contribution < 1.29 is 9.21 Å². The Morgan fingerprint density at radius 1 is 1.15 bits per heavy atom. The highest BCUT2D eigenvalue weighted by Crippen LogP contribution is 2.23. The molecule has 1 aromatic heterocycles. The van der Waals surface area contributed by atoms with Gasteiger partial charge >= 0.3 is 0 Å². The van der Waals surface area contributed by atoms with Crippen LogP contribution in [0.5, 0.6) is 0 Å². The second kappa shape index (κ2) is 5.13. The van der Waals surface area contributed by atoms with E-state index in [0.29, 0.717) is 11.3 Å². The van der Waals surface area contributed by atoms with Gasteiger partial charge in [0.25, 0.3) is 5.91 Å². The van der Waals surface area contributed by atoms with Crippen LogP contribution >= 0.6 is 15.9 Å². The monoisotopic (exact) mass is 329 g/mol. The highest BCUT2D eigenvalue weighted by Gasteiger charge is 2.13. The van der Waals surface area contributed by atoms with Gasteiger partial charge < -0.3 is 9.73 Å². The van der Waals surface area contributed by atoms with Crippen molar-refractivity contribution >= 4 is 38.5 Å². The molecule has 1 N–H and O–H groups in total. The second-order valence-electron chi connectivity index (χ2n) is 4.56. The number of carbonyl (C=O) groups excluding carboxylic acids is 1. The summed E-state index contributed by atoms with van der Waals surface area (Å²) in [7, 11) is 0. The fraction of sp³-hybridized carbons (Fsp3) is 0.0625. The largest absolute Gasteiger partial charge is 0.451 e. The minimum Gasteiger partial charge on any atom is -0.451 e. The Hall–Kier alpha value is -2.07. The first-order valence-corrected chi connectivity index (χ1v) is 6.99. The number of carbonyl (C=O) groups is 1. The van der Waals surface area contributed by atoms with E-state index in [1.54, 1.807) is 6.07 Å². The number of hydrogen-bond donors (Lipinski definition) is 1. The highest BCUT2D eigenvalue weighted by molar-refractivity contribution is 9.10. The predicted molar refractivity (Wildman–Crippen MR) is 83.0 cm³/mol. The first-order chi connectivity index (χ1) is 9.63. The molecular weight excluding hydrogens is 318 g/mol. The van der Waals surface area contributed by atoms with Crippen LogP contribution in [0.1, 0.15) is 16.1 Å². The number of aryl methyl sites for hydroxylation is 1. The van der Waals surface area contributed by atoms with Crippen LogP contribution in [-0.2, 0) is 0 Å². The minimum absolute atomic E-state index is 0.244. The van der Waals surface area contributed by atoms with E-state index in [1.165, 1.54) is 0 Å². The molecule has 0 saturated heterocycles. The number of halogens is 1. The van der Waals surface area contributed by atoms with Gasteiger partial charge in [-0.25, -0.2) is 0 Å². The Morgan fingerprint density at radius 3 is 2.70 bits per heavy atom. The SMILES string of the molecule is Cc1cc(Br)ccc1NC(=O)c1cc2ccccc2o1. The number of furan rings is 1. The van der Waals surface area contributed by atoms with Gasteiger partial charge in [0.15, 0.2) is 5.76 Å². The Morgan fingerprint density at radius 2 is 1.95 bits per heavy atom. The molecule has 3 nitrogen and oxygen atoms in total. The van der Waals surface area contributed by atoms with Crippen molar-refractivity contribution in [2.24, 2.45) is 0 Å². The molecule has 0 aliphatic heterocycles. The summed E-state index contributed by atoms with van der Waals surface area (Å²) in [6, 6.07) is 15.0. The van der Waals surface area contributed by atoms with Gasteiger partial charge in [-0.2, -0.15) is 0 Å². The lowest BCUT2D eigenvalue weighted by Gasteiger charge is -2.07. The number of hydrogen-bond acceptors (Lipinski definition) is 2. The predicted octanol–water partition coefficient (Wildman–Crippen LogP) is 4.76. The smallest absolute Gasteiger partial charge is 0.291 e. The summed E-state index contributed by atoms with van der Waals surface area (Å²) in [6.45, 7) is 1.94. The normalized spacial score (nSPS) is 10.7. The zero-order chi connectivity index (χ0) is 14.1. The number of benzene rings is 2. The molecule has 0 aliphatic carbocycles. The summed E-state index contributed by atoms with van der Waals surface area (Å²) in [6.07, 6.45) is 0. The van der Waals surface area contributed by atoms with Crippen molar-refractivity contribution in [3.63, 3.8) is 0 Å². The zero-order valence-corrected chi connectivity index (χ0v) is 12.4. The number of fused-ring (bicyclic) bond motifs is 1. The molecule has 20 heavy (non-hydrogen) atoms. The molecule has 0 saturated carbocycles. The lowest BCUT2D eigenvalue weighted by Crippen LogP contribution is -2.11. The molecule has 0 spiro atoms. The molecule has 0 atom stereocenters. The maximum absolute atomic E-state index is 12.2. The lowest BCUT2D eigenvalue weighted by atomic mass is 10.2. The van der Waals surface area contributed by atoms with Crippen LogP contribution < -0.4 is 5.32 Å². The third kappa shape index (κ3) is 2.47. The molecule has 0 bridgehead atoms. The van der Waals surface area contributed by atoms with Crippen LogP contribution in [0.3, 0.4) is 0 Å². The van der Waals surface area contributed by atoms with E-state index in [4.69, 9.17) is 4.42 Å². The van der Waals surface area contributed by atoms with E-state index in [-0.39, 0.29) is 5.91 Å². The van der Waals surface area contributed by atoms with Gasteiger partial charge in [0.1, 0.15) is 5.58 Å². The second-order valence-corrected chi connectivity index (χ2v) is 5.48. The third-order valence-corrected chi connectivity index (χ3v) is 3.58. The van der Waals surface area contributed by atoms with Gasteiger partial charge in [-0.1, -0.05) is 34.1 Å². The van der Waals surface area contributed by atoms with Crippen LogP contribution in [0.2, 0.25) is 0 Å². The first-order valence-electron chi connectivity index (χ1n) is 6.19.